The van der Waals surface area contributed by atoms with E-state index < -0.39 is 0 Å². The Kier molecular flexibility index (Phi) is 6.10. The first-order valence-electron chi connectivity index (χ1n) is 5.76. The highest BCUT2D eigenvalue weighted by Crippen LogP contribution is 2.18. The third-order valence-electron chi connectivity index (χ3n) is 2.00. The molecule has 0 aliphatic heterocycles. The number of hydrogen-bond acceptors (Lipinski definition) is 1. The Bertz CT molecular complexity index is 172. The first-order chi connectivity index (χ1) is 6.35. The fourth-order valence-electron chi connectivity index (χ4n) is 1.41. The SMILES string of the molecule is CCC(=CC(C)(C)C)CNCC(C)C. The van der Waals surface area contributed by atoms with Crippen molar-refractivity contribution < 1.29 is 0 Å². The standard InChI is InChI=1S/C13H27N/c1-7-12(8-13(4,5)6)10-14-9-11(2)3/h8,11,14H,7,9-10H2,1-6H3. The molecule has 0 atom stereocenters. The van der Waals surface area contributed by atoms with E-state index >= 15 is 0 Å². The Labute approximate surface area is 90.0 Å². The maximum Gasteiger partial charge on any atom is 0.0164 e. The number of rotatable bonds is 5. The molecule has 0 saturated heterocycles. The molecule has 0 rings (SSSR count). The summed E-state index contributed by atoms with van der Waals surface area (Å²) in [5.41, 5.74) is 1.84. The lowest BCUT2D eigenvalue weighted by atomic mass is 9.92. The normalized spacial score (nSPS) is 13.8. The van der Waals surface area contributed by atoms with Gasteiger partial charge in [0.2, 0.25) is 0 Å². The smallest absolute Gasteiger partial charge is 0.0164 e. The van der Waals surface area contributed by atoms with Gasteiger partial charge in [-0.3, -0.25) is 0 Å². The molecule has 0 saturated carbocycles. The second kappa shape index (κ2) is 6.23. The molecule has 1 nitrogen and oxygen atoms in total. The van der Waals surface area contributed by atoms with Crippen LogP contribution in [0.15, 0.2) is 11.6 Å². The van der Waals surface area contributed by atoms with E-state index in [0.717, 1.165) is 25.4 Å². The molecule has 0 spiro atoms. The van der Waals surface area contributed by atoms with Crippen LogP contribution in [0.25, 0.3) is 0 Å². The highest BCUT2D eigenvalue weighted by Gasteiger charge is 2.07. The van der Waals surface area contributed by atoms with Crippen LogP contribution in [0, 0.1) is 11.3 Å². The monoisotopic (exact) mass is 197 g/mol. The molecule has 0 aromatic rings. The summed E-state index contributed by atoms with van der Waals surface area (Å²) >= 11 is 0. The van der Waals surface area contributed by atoms with E-state index in [4.69, 9.17) is 0 Å². The molecule has 1 N–H and O–H groups in total. The fourth-order valence-corrected chi connectivity index (χ4v) is 1.41. The zero-order valence-corrected chi connectivity index (χ0v) is 10.8. The van der Waals surface area contributed by atoms with Crippen LogP contribution in [0.1, 0.15) is 48.0 Å². The maximum atomic E-state index is 3.49. The van der Waals surface area contributed by atoms with Gasteiger partial charge in [-0.05, 0) is 24.3 Å². The Morgan fingerprint density at radius 1 is 1.29 bits per heavy atom. The average molecular weight is 197 g/mol. The summed E-state index contributed by atoms with van der Waals surface area (Å²) in [6.45, 7) is 15.6. The van der Waals surface area contributed by atoms with Crippen LogP contribution in [0.3, 0.4) is 0 Å². The van der Waals surface area contributed by atoms with Gasteiger partial charge < -0.3 is 5.32 Å². The van der Waals surface area contributed by atoms with E-state index in [9.17, 15) is 0 Å². The van der Waals surface area contributed by atoms with Crippen LogP contribution in [-0.4, -0.2) is 13.1 Å². The summed E-state index contributed by atoms with van der Waals surface area (Å²) in [6.07, 6.45) is 3.54. The van der Waals surface area contributed by atoms with Crippen molar-refractivity contribution in [3.8, 4) is 0 Å². The zero-order valence-electron chi connectivity index (χ0n) is 10.8. The maximum absolute atomic E-state index is 3.49. The Balaban J connectivity index is 3.98. The van der Waals surface area contributed by atoms with Gasteiger partial charge in [-0.15, -0.1) is 0 Å². The second-order valence-electron chi connectivity index (χ2n) is 5.55. The van der Waals surface area contributed by atoms with Crippen molar-refractivity contribution in [3.63, 3.8) is 0 Å². The third kappa shape index (κ3) is 8.31. The van der Waals surface area contributed by atoms with E-state index in [2.05, 4.69) is 52.9 Å². The summed E-state index contributed by atoms with van der Waals surface area (Å²) in [6, 6.07) is 0. The van der Waals surface area contributed by atoms with Gasteiger partial charge >= 0.3 is 0 Å². The van der Waals surface area contributed by atoms with E-state index in [1.165, 1.54) is 5.57 Å². The van der Waals surface area contributed by atoms with Crippen molar-refractivity contribution >= 4 is 0 Å². The average Bonchev–Trinajstić information content (AvgIpc) is 1.99. The predicted molar refractivity (Wildman–Crippen MR) is 65.5 cm³/mol. The van der Waals surface area contributed by atoms with Gasteiger partial charge in [0.05, 0.1) is 0 Å². The third-order valence-corrected chi connectivity index (χ3v) is 2.00. The predicted octanol–water partition coefficient (Wildman–Crippen LogP) is 3.61. The van der Waals surface area contributed by atoms with Crippen molar-refractivity contribution in [2.45, 2.75) is 48.0 Å². The molecule has 0 unspecified atom stereocenters. The molecule has 1 heteroatoms. The molecule has 0 aromatic carbocycles. The molecule has 0 heterocycles. The summed E-state index contributed by atoms with van der Waals surface area (Å²) in [5.74, 6) is 0.739. The molecule has 0 fully saturated rings. The minimum atomic E-state index is 0.310. The number of hydrogen-bond donors (Lipinski definition) is 1. The first-order valence-corrected chi connectivity index (χ1v) is 5.76. The molecule has 0 amide bonds. The molecule has 14 heavy (non-hydrogen) atoms. The van der Waals surface area contributed by atoms with Crippen LogP contribution in [0.4, 0.5) is 0 Å². The van der Waals surface area contributed by atoms with E-state index in [1.807, 2.05) is 0 Å². The molecule has 0 aromatic heterocycles. The molecule has 0 aliphatic carbocycles. The van der Waals surface area contributed by atoms with Crippen molar-refractivity contribution in [1.82, 2.24) is 5.32 Å². The summed E-state index contributed by atoms with van der Waals surface area (Å²) in [5, 5.41) is 3.49. The first kappa shape index (κ1) is 13.7. The molecule has 84 valence electrons. The molecule has 0 radical (unpaired) electrons. The lowest BCUT2D eigenvalue weighted by Gasteiger charge is -2.16. The lowest BCUT2D eigenvalue weighted by molar-refractivity contribution is 0.527. The largest absolute Gasteiger partial charge is 0.313 e. The van der Waals surface area contributed by atoms with Gasteiger partial charge in [-0.25, -0.2) is 0 Å². The zero-order chi connectivity index (χ0) is 11.2. The summed E-state index contributed by atoms with van der Waals surface area (Å²) < 4.78 is 0. The number of nitrogens with one attached hydrogen (secondary N) is 1. The van der Waals surface area contributed by atoms with Gasteiger partial charge in [0, 0.05) is 6.54 Å². The lowest BCUT2D eigenvalue weighted by Crippen LogP contribution is -2.22. The summed E-state index contributed by atoms with van der Waals surface area (Å²) in [7, 11) is 0. The van der Waals surface area contributed by atoms with Crippen LogP contribution in [-0.2, 0) is 0 Å². The van der Waals surface area contributed by atoms with E-state index in [1.54, 1.807) is 0 Å². The van der Waals surface area contributed by atoms with Crippen molar-refractivity contribution in [2.24, 2.45) is 11.3 Å². The van der Waals surface area contributed by atoms with Gasteiger partial charge in [0.1, 0.15) is 0 Å². The highest BCUT2D eigenvalue weighted by atomic mass is 14.9. The highest BCUT2D eigenvalue weighted by molar-refractivity contribution is 5.08. The van der Waals surface area contributed by atoms with Crippen molar-refractivity contribution in [2.75, 3.05) is 13.1 Å². The van der Waals surface area contributed by atoms with Crippen molar-refractivity contribution in [3.05, 3.63) is 11.6 Å². The molecule has 0 bridgehead atoms. The molecular formula is C13H27N. The molecular weight excluding hydrogens is 170 g/mol. The van der Waals surface area contributed by atoms with Crippen LogP contribution in [0.5, 0.6) is 0 Å². The molecule has 0 aliphatic rings. The van der Waals surface area contributed by atoms with Gasteiger partial charge in [0.25, 0.3) is 0 Å². The van der Waals surface area contributed by atoms with Gasteiger partial charge in [-0.1, -0.05) is 53.2 Å². The Morgan fingerprint density at radius 2 is 1.86 bits per heavy atom. The number of allylic oxidation sites excluding steroid dienone is 1. The second-order valence-corrected chi connectivity index (χ2v) is 5.55. The van der Waals surface area contributed by atoms with Gasteiger partial charge in [0.15, 0.2) is 0 Å². The van der Waals surface area contributed by atoms with E-state index in [0.29, 0.717) is 5.41 Å². The Morgan fingerprint density at radius 3 is 2.21 bits per heavy atom. The van der Waals surface area contributed by atoms with Crippen LogP contribution >= 0.6 is 0 Å². The minimum absolute atomic E-state index is 0.310. The van der Waals surface area contributed by atoms with Crippen LogP contribution < -0.4 is 5.32 Å². The minimum Gasteiger partial charge on any atom is -0.313 e. The van der Waals surface area contributed by atoms with Crippen molar-refractivity contribution in [1.29, 1.82) is 0 Å². The topological polar surface area (TPSA) is 12.0 Å². The van der Waals surface area contributed by atoms with Crippen LogP contribution in [0.2, 0.25) is 0 Å². The quantitative estimate of drug-likeness (QED) is 0.664. The summed E-state index contributed by atoms with van der Waals surface area (Å²) in [4.78, 5) is 0. The van der Waals surface area contributed by atoms with E-state index in [-0.39, 0.29) is 0 Å². The Hall–Kier alpha value is -0.300. The van der Waals surface area contributed by atoms with Gasteiger partial charge in [-0.2, -0.15) is 0 Å². The fraction of sp³-hybridized carbons (Fsp3) is 0.846.